The SMILES string of the molecule is CN(C)CCN(C)c1cccc2nc(C(Cc3cccc(C#N)c3)NS(=O)(=O)c3ccccc3)sc12. The molecule has 0 fully saturated rings. The molecule has 0 spiro atoms. The first-order valence-electron chi connectivity index (χ1n) is 11.6. The lowest BCUT2D eigenvalue weighted by Crippen LogP contribution is -2.30. The standard InChI is InChI=1S/C27H29N5O2S2/c1-31(2)15-16-32(3)25-14-8-13-23-26(25)35-27(29-23)24(18-20-9-7-10-21(17-20)19-28)30-36(33,34)22-11-5-4-6-12-22/h4-14,17,24,30H,15-16,18H2,1-3H3. The molecule has 3 aromatic carbocycles. The Bertz CT molecular complexity index is 1480. The number of rotatable bonds is 10. The summed E-state index contributed by atoms with van der Waals surface area (Å²) in [6, 6.07) is 23.1. The number of thiazole rings is 1. The Hall–Kier alpha value is -3.29. The zero-order valence-electron chi connectivity index (χ0n) is 20.5. The topological polar surface area (TPSA) is 89.3 Å². The van der Waals surface area contributed by atoms with Crippen molar-refractivity contribution in [1.29, 1.82) is 5.26 Å². The number of nitrogens with zero attached hydrogens (tertiary/aromatic N) is 4. The number of hydrogen-bond acceptors (Lipinski definition) is 7. The van der Waals surface area contributed by atoms with Crippen LogP contribution in [0.2, 0.25) is 0 Å². The van der Waals surface area contributed by atoms with Gasteiger partial charge in [0.2, 0.25) is 10.0 Å². The van der Waals surface area contributed by atoms with Crippen molar-refractivity contribution in [1.82, 2.24) is 14.6 Å². The second-order valence-corrected chi connectivity index (χ2v) is 11.7. The Labute approximate surface area is 216 Å². The number of benzene rings is 3. The minimum atomic E-state index is -3.79. The highest BCUT2D eigenvalue weighted by molar-refractivity contribution is 7.89. The van der Waals surface area contributed by atoms with Gasteiger partial charge in [0, 0.05) is 20.1 Å². The molecular weight excluding hydrogens is 490 g/mol. The summed E-state index contributed by atoms with van der Waals surface area (Å²) in [6.45, 7) is 1.76. The van der Waals surface area contributed by atoms with Crippen molar-refractivity contribution in [3.8, 4) is 6.07 Å². The molecule has 0 saturated heterocycles. The maximum Gasteiger partial charge on any atom is 0.241 e. The van der Waals surface area contributed by atoms with Gasteiger partial charge in [-0.25, -0.2) is 18.1 Å². The summed E-state index contributed by atoms with van der Waals surface area (Å²) in [4.78, 5) is 9.39. The highest BCUT2D eigenvalue weighted by atomic mass is 32.2. The minimum absolute atomic E-state index is 0.200. The van der Waals surface area contributed by atoms with E-state index in [-0.39, 0.29) is 4.90 Å². The number of likely N-dealkylation sites (N-methyl/N-ethyl adjacent to an activating group) is 2. The molecule has 1 aromatic heterocycles. The molecule has 0 saturated carbocycles. The van der Waals surface area contributed by atoms with E-state index in [0.29, 0.717) is 17.0 Å². The molecule has 0 aliphatic rings. The van der Waals surface area contributed by atoms with Crippen LogP contribution in [-0.4, -0.2) is 52.5 Å². The lowest BCUT2D eigenvalue weighted by atomic mass is 10.0. The van der Waals surface area contributed by atoms with E-state index >= 15 is 0 Å². The molecule has 1 heterocycles. The monoisotopic (exact) mass is 519 g/mol. The van der Waals surface area contributed by atoms with E-state index in [2.05, 4.69) is 33.7 Å². The summed E-state index contributed by atoms with van der Waals surface area (Å²) >= 11 is 1.50. The van der Waals surface area contributed by atoms with Gasteiger partial charge in [-0.05, 0) is 62.5 Å². The Morgan fingerprint density at radius 3 is 2.47 bits per heavy atom. The quantitative estimate of drug-likeness (QED) is 0.333. The summed E-state index contributed by atoms with van der Waals surface area (Å²) in [7, 11) is 2.36. The molecule has 1 atom stereocenters. The first kappa shape index (κ1) is 25.8. The van der Waals surface area contributed by atoms with Gasteiger partial charge in [-0.2, -0.15) is 5.26 Å². The van der Waals surface area contributed by atoms with E-state index in [9.17, 15) is 13.7 Å². The Balaban J connectivity index is 1.73. The predicted octanol–water partition coefficient (Wildman–Crippen LogP) is 4.43. The van der Waals surface area contributed by atoms with E-state index in [0.717, 1.165) is 34.6 Å². The summed E-state index contributed by atoms with van der Waals surface area (Å²) in [5.74, 6) is 0. The van der Waals surface area contributed by atoms with E-state index in [1.165, 1.54) is 11.3 Å². The maximum absolute atomic E-state index is 13.3. The number of nitriles is 1. The minimum Gasteiger partial charge on any atom is -0.372 e. The van der Waals surface area contributed by atoms with Crippen LogP contribution in [-0.2, 0) is 16.4 Å². The van der Waals surface area contributed by atoms with Crippen molar-refractivity contribution in [2.75, 3.05) is 39.1 Å². The van der Waals surface area contributed by atoms with E-state index in [4.69, 9.17) is 4.98 Å². The molecule has 0 amide bonds. The van der Waals surface area contributed by atoms with Crippen LogP contribution in [0.1, 0.15) is 22.2 Å². The second kappa shape index (κ2) is 11.2. The summed E-state index contributed by atoms with van der Waals surface area (Å²) in [5, 5.41) is 10.0. The van der Waals surface area contributed by atoms with Gasteiger partial charge in [0.05, 0.1) is 38.5 Å². The third-order valence-corrected chi connectivity index (χ3v) is 8.54. The van der Waals surface area contributed by atoms with Crippen LogP contribution in [0.15, 0.2) is 77.7 Å². The second-order valence-electron chi connectivity index (χ2n) is 8.91. The zero-order chi connectivity index (χ0) is 25.7. The van der Waals surface area contributed by atoms with E-state index in [1.807, 2.05) is 38.4 Å². The summed E-state index contributed by atoms with van der Waals surface area (Å²) < 4.78 is 30.4. The highest BCUT2D eigenvalue weighted by Crippen LogP contribution is 2.35. The molecule has 0 bridgehead atoms. The number of hydrogen-bond donors (Lipinski definition) is 1. The molecule has 4 rings (SSSR count). The molecule has 36 heavy (non-hydrogen) atoms. The van der Waals surface area contributed by atoms with E-state index < -0.39 is 16.1 Å². The fourth-order valence-corrected chi connectivity index (χ4v) is 6.39. The Kier molecular flexibility index (Phi) is 8.01. The average Bonchev–Trinajstić information content (AvgIpc) is 3.32. The smallest absolute Gasteiger partial charge is 0.241 e. The lowest BCUT2D eigenvalue weighted by Gasteiger charge is -2.22. The van der Waals surface area contributed by atoms with Crippen LogP contribution in [0.5, 0.6) is 0 Å². The molecule has 0 radical (unpaired) electrons. The van der Waals surface area contributed by atoms with Gasteiger partial charge < -0.3 is 9.80 Å². The van der Waals surface area contributed by atoms with Crippen molar-refractivity contribution < 1.29 is 8.42 Å². The van der Waals surface area contributed by atoms with E-state index in [1.54, 1.807) is 42.5 Å². The molecule has 0 aliphatic carbocycles. The van der Waals surface area contributed by atoms with Crippen molar-refractivity contribution >= 4 is 37.3 Å². The van der Waals surface area contributed by atoms with Crippen molar-refractivity contribution in [3.05, 3.63) is 88.9 Å². The zero-order valence-corrected chi connectivity index (χ0v) is 22.2. The third kappa shape index (κ3) is 6.09. The summed E-state index contributed by atoms with van der Waals surface area (Å²) in [6.07, 6.45) is 0.368. The fourth-order valence-electron chi connectivity index (χ4n) is 3.91. The van der Waals surface area contributed by atoms with Gasteiger partial charge in [0.15, 0.2) is 0 Å². The first-order chi connectivity index (χ1) is 17.3. The maximum atomic E-state index is 13.3. The highest BCUT2D eigenvalue weighted by Gasteiger charge is 2.25. The molecule has 9 heteroatoms. The Morgan fingerprint density at radius 1 is 1.00 bits per heavy atom. The van der Waals surface area contributed by atoms with Crippen LogP contribution in [0.25, 0.3) is 10.2 Å². The predicted molar refractivity (Wildman–Crippen MR) is 146 cm³/mol. The number of nitrogens with one attached hydrogen (secondary N) is 1. The molecule has 1 N–H and O–H groups in total. The summed E-state index contributed by atoms with van der Waals surface area (Å²) in [5.41, 5.74) is 3.29. The van der Waals surface area contributed by atoms with Gasteiger partial charge in [0.25, 0.3) is 0 Å². The molecule has 1 unspecified atom stereocenters. The van der Waals surface area contributed by atoms with Gasteiger partial charge in [-0.15, -0.1) is 11.3 Å². The first-order valence-corrected chi connectivity index (χ1v) is 13.9. The molecular formula is C27H29N5O2S2. The van der Waals surface area contributed by atoms with Gasteiger partial charge in [0.1, 0.15) is 5.01 Å². The van der Waals surface area contributed by atoms with Crippen LogP contribution < -0.4 is 9.62 Å². The van der Waals surface area contributed by atoms with Gasteiger partial charge in [-0.3, -0.25) is 0 Å². The van der Waals surface area contributed by atoms with Crippen molar-refractivity contribution in [3.63, 3.8) is 0 Å². The van der Waals surface area contributed by atoms with Crippen molar-refractivity contribution in [2.45, 2.75) is 17.4 Å². The number of aromatic nitrogens is 1. The molecule has 4 aromatic rings. The van der Waals surface area contributed by atoms with Crippen LogP contribution in [0.3, 0.4) is 0 Å². The van der Waals surface area contributed by atoms with Crippen LogP contribution >= 0.6 is 11.3 Å². The number of sulfonamides is 1. The van der Waals surface area contributed by atoms with Crippen molar-refractivity contribution in [2.24, 2.45) is 0 Å². The normalized spacial score (nSPS) is 12.5. The lowest BCUT2D eigenvalue weighted by molar-refractivity contribution is 0.417. The number of fused-ring (bicyclic) bond motifs is 1. The largest absolute Gasteiger partial charge is 0.372 e. The number of anilines is 1. The van der Waals surface area contributed by atoms with Gasteiger partial charge >= 0.3 is 0 Å². The molecule has 7 nitrogen and oxygen atoms in total. The fraction of sp³-hybridized carbons (Fsp3) is 0.259. The van der Waals surface area contributed by atoms with Crippen LogP contribution in [0.4, 0.5) is 5.69 Å². The molecule has 0 aliphatic heterocycles. The van der Waals surface area contributed by atoms with Gasteiger partial charge in [-0.1, -0.05) is 36.4 Å². The Morgan fingerprint density at radius 2 is 1.75 bits per heavy atom. The van der Waals surface area contributed by atoms with Crippen LogP contribution in [0, 0.1) is 11.3 Å². The molecule has 186 valence electrons. The average molecular weight is 520 g/mol. The third-order valence-electron chi connectivity index (χ3n) is 5.85.